The van der Waals surface area contributed by atoms with Crippen molar-refractivity contribution in [2.45, 2.75) is 0 Å². The van der Waals surface area contributed by atoms with Crippen LogP contribution in [0.4, 0.5) is 0 Å². The lowest BCUT2D eigenvalue weighted by Crippen LogP contribution is -1.81. The fourth-order valence-corrected chi connectivity index (χ4v) is 2.28. The molecule has 0 aliphatic carbocycles. The number of rotatable bonds is 1. The van der Waals surface area contributed by atoms with Gasteiger partial charge >= 0.3 is 0 Å². The van der Waals surface area contributed by atoms with Crippen LogP contribution >= 0.6 is 31.9 Å². The van der Waals surface area contributed by atoms with E-state index in [1.165, 1.54) is 0 Å². The Bertz CT molecular complexity index is 456. The number of hydrogen-bond acceptors (Lipinski definition) is 3. The highest BCUT2D eigenvalue weighted by Gasteiger charge is 2.08. The average Bonchev–Trinajstić information content (AvgIpc) is 2.64. The second-order valence-electron chi connectivity index (χ2n) is 2.65. The quantitative estimate of drug-likeness (QED) is 0.850. The lowest BCUT2D eigenvalue weighted by Gasteiger charge is -2.03. The largest absolute Gasteiger partial charge is 0.507 e. The van der Waals surface area contributed by atoms with E-state index in [2.05, 4.69) is 47.3 Å². The van der Waals surface area contributed by atoms with Crippen LogP contribution < -0.4 is 0 Å². The maximum atomic E-state index is 9.50. The normalized spacial score (nSPS) is 10.4. The van der Waals surface area contributed by atoms with Gasteiger partial charge in [-0.05, 0) is 28.1 Å². The molecule has 0 atom stereocenters. The van der Waals surface area contributed by atoms with Crippen molar-refractivity contribution in [2.24, 2.45) is 0 Å². The van der Waals surface area contributed by atoms with Gasteiger partial charge in [-0.25, -0.2) is 0 Å². The molecule has 0 fully saturated rings. The van der Waals surface area contributed by atoms with Gasteiger partial charge in [-0.1, -0.05) is 21.1 Å². The van der Waals surface area contributed by atoms with Gasteiger partial charge in [0.15, 0.2) is 0 Å². The van der Waals surface area contributed by atoms with Gasteiger partial charge in [0.2, 0.25) is 0 Å². The third-order valence-corrected chi connectivity index (χ3v) is 3.03. The molecule has 2 rings (SSSR count). The number of halogens is 2. The monoisotopic (exact) mass is 317 g/mol. The molecule has 0 saturated carbocycles. The van der Waals surface area contributed by atoms with Crippen molar-refractivity contribution in [2.75, 3.05) is 0 Å². The zero-order chi connectivity index (χ0) is 10.1. The molecular weight excluding hydrogens is 314 g/mol. The number of benzene rings is 1. The van der Waals surface area contributed by atoms with Crippen LogP contribution in [-0.2, 0) is 0 Å². The zero-order valence-corrected chi connectivity index (χ0v) is 10.0. The van der Waals surface area contributed by atoms with Crippen molar-refractivity contribution in [1.82, 2.24) is 15.4 Å². The first-order valence-electron chi connectivity index (χ1n) is 3.73. The Morgan fingerprint density at radius 3 is 2.64 bits per heavy atom. The molecule has 72 valence electrons. The molecule has 2 N–H and O–H groups in total. The number of aromatic amines is 1. The van der Waals surface area contributed by atoms with Crippen LogP contribution in [-0.4, -0.2) is 20.5 Å². The van der Waals surface area contributed by atoms with Gasteiger partial charge in [-0.15, -0.1) is 5.10 Å². The minimum atomic E-state index is 0.179. The fourth-order valence-electron chi connectivity index (χ4n) is 1.07. The van der Waals surface area contributed by atoms with Gasteiger partial charge in [-0.3, -0.25) is 5.10 Å². The summed E-state index contributed by atoms with van der Waals surface area (Å²) in [5, 5.41) is 19.5. The number of phenolic OH excluding ortho intramolecular Hbond substituents is 1. The summed E-state index contributed by atoms with van der Waals surface area (Å²) in [5.74, 6) is 0.179. The van der Waals surface area contributed by atoms with Crippen LogP contribution in [0.5, 0.6) is 5.75 Å². The number of nitrogens with one attached hydrogen (secondary N) is 1. The van der Waals surface area contributed by atoms with Crippen LogP contribution in [0, 0.1) is 0 Å². The average molecular weight is 319 g/mol. The first-order valence-corrected chi connectivity index (χ1v) is 5.31. The van der Waals surface area contributed by atoms with E-state index >= 15 is 0 Å². The van der Waals surface area contributed by atoms with E-state index in [4.69, 9.17) is 0 Å². The van der Waals surface area contributed by atoms with Crippen molar-refractivity contribution in [3.05, 3.63) is 27.3 Å². The molecule has 0 aliphatic heterocycles. The summed E-state index contributed by atoms with van der Waals surface area (Å²) in [6, 6.07) is 3.40. The number of nitrogens with zero attached hydrogens (tertiary/aromatic N) is 2. The van der Waals surface area contributed by atoms with Gasteiger partial charge in [0, 0.05) is 10.0 Å². The smallest absolute Gasteiger partial charge is 0.130 e. The Hall–Kier alpha value is -0.880. The van der Waals surface area contributed by atoms with Crippen molar-refractivity contribution >= 4 is 31.9 Å². The van der Waals surface area contributed by atoms with Gasteiger partial charge in [-0.2, -0.15) is 0 Å². The number of aromatic nitrogens is 3. The lowest BCUT2D eigenvalue weighted by molar-refractivity contribution is 0.472. The molecule has 0 unspecified atom stereocenters. The van der Waals surface area contributed by atoms with E-state index in [-0.39, 0.29) is 5.75 Å². The highest BCUT2D eigenvalue weighted by molar-refractivity contribution is 9.11. The highest BCUT2D eigenvalue weighted by Crippen LogP contribution is 2.35. The Morgan fingerprint density at radius 2 is 2.00 bits per heavy atom. The molecule has 1 heterocycles. The van der Waals surface area contributed by atoms with Crippen LogP contribution in [0.2, 0.25) is 0 Å². The van der Waals surface area contributed by atoms with Crippen LogP contribution in [0.15, 0.2) is 27.3 Å². The molecule has 4 nitrogen and oxygen atoms in total. The highest BCUT2D eigenvalue weighted by atomic mass is 79.9. The molecule has 2 aromatic rings. The van der Waals surface area contributed by atoms with Crippen LogP contribution in [0.25, 0.3) is 11.3 Å². The zero-order valence-electron chi connectivity index (χ0n) is 6.83. The van der Waals surface area contributed by atoms with E-state index in [0.29, 0.717) is 4.47 Å². The van der Waals surface area contributed by atoms with E-state index in [1.807, 2.05) is 0 Å². The third kappa shape index (κ3) is 1.67. The van der Waals surface area contributed by atoms with Gasteiger partial charge in [0.1, 0.15) is 5.75 Å². The lowest BCUT2D eigenvalue weighted by atomic mass is 10.1. The van der Waals surface area contributed by atoms with Crippen molar-refractivity contribution in [1.29, 1.82) is 0 Å². The first kappa shape index (κ1) is 9.67. The molecule has 0 amide bonds. The molecule has 0 aliphatic rings. The Kier molecular flexibility index (Phi) is 2.56. The minimum absolute atomic E-state index is 0.179. The number of phenols is 1. The van der Waals surface area contributed by atoms with Gasteiger partial charge < -0.3 is 5.11 Å². The molecule has 0 spiro atoms. The predicted molar refractivity (Wildman–Crippen MR) is 58.9 cm³/mol. The van der Waals surface area contributed by atoms with Crippen molar-refractivity contribution in [3.8, 4) is 17.0 Å². The van der Waals surface area contributed by atoms with Gasteiger partial charge in [0.25, 0.3) is 0 Å². The minimum Gasteiger partial charge on any atom is -0.507 e. The molecule has 0 radical (unpaired) electrons. The summed E-state index contributed by atoms with van der Waals surface area (Å²) >= 11 is 6.61. The molecule has 1 aromatic heterocycles. The predicted octanol–water partition coefficient (Wildman–Crippen LogP) is 2.70. The fraction of sp³-hybridized carbons (Fsp3) is 0. The van der Waals surface area contributed by atoms with Crippen LogP contribution in [0.1, 0.15) is 0 Å². The standard InChI is InChI=1S/C8H5Br2N3O/c9-5-2-6(10)8(14)1-4(5)7-3-11-13-12-7/h1-3,14H,(H,11,12,13). The number of hydrogen-bond donors (Lipinski definition) is 2. The van der Waals surface area contributed by atoms with E-state index in [9.17, 15) is 5.11 Å². The molecule has 14 heavy (non-hydrogen) atoms. The summed E-state index contributed by atoms with van der Waals surface area (Å²) in [6.07, 6.45) is 1.59. The Labute approximate surface area is 96.6 Å². The SMILES string of the molecule is Oc1cc(-c2cnn[nH]2)c(Br)cc1Br. The maximum Gasteiger partial charge on any atom is 0.130 e. The molecule has 6 heteroatoms. The first-order chi connectivity index (χ1) is 6.68. The second kappa shape index (κ2) is 3.70. The Balaban J connectivity index is 2.60. The van der Waals surface area contributed by atoms with E-state index < -0.39 is 0 Å². The topological polar surface area (TPSA) is 61.8 Å². The van der Waals surface area contributed by atoms with E-state index in [0.717, 1.165) is 15.7 Å². The summed E-state index contributed by atoms with van der Waals surface area (Å²) in [5.41, 5.74) is 1.57. The Morgan fingerprint density at radius 1 is 1.21 bits per heavy atom. The third-order valence-electron chi connectivity index (χ3n) is 1.74. The summed E-state index contributed by atoms with van der Waals surface area (Å²) in [6.45, 7) is 0. The number of H-pyrrole nitrogens is 1. The van der Waals surface area contributed by atoms with Gasteiger partial charge in [0.05, 0.1) is 16.4 Å². The van der Waals surface area contributed by atoms with E-state index in [1.54, 1.807) is 18.3 Å². The summed E-state index contributed by atoms with van der Waals surface area (Å²) in [4.78, 5) is 0. The molecular formula is C8H5Br2N3O. The maximum absolute atomic E-state index is 9.50. The molecule has 0 bridgehead atoms. The second-order valence-corrected chi connectivity index (χ2v) is 4.36. The van der Waals surface area contributed by atoms with Crippen molar-refractivity contribution in [3.63, 3.8) is 0 Å². The summed E-state index contributed by atoms with van der Waals surface area (Å²) < 4.78 is 1.49. The van der Waals surface area contributed by atoms with Crippen LogP contribution in [0.3, 0.4) is 0 Å². The number of aromatic hydroxyl groups is 1. The summed E-state index contributed by atoms with van der Waals surface area (Å²) in [7, 11) is 0. The molecule has 0 saturated heterocycles. The van der Waals surface area contributed by atoms with Crippen molar-refractivity contribution < 1.29 is 5.11 Å². The molecule has 1 aromatic carbocycles.